The Hall–Kier alpha value is -1.42. The third-order valence-electron chi connectivity index (χ3n) is 3.89. The lowest BCUT2D eigenvalue weighted by atomic mass is 9.87. The summed E-state index contributed by atoms with van der Waals surface area (Å²) in [5.74, 6) is 0.841. The van der Waals surface area contributed by atoms with Gasteiger partial charge in [0.05, 0.1) is 0 Å². The van der Waals surface area contributed by atoms with E-state index in [-0.39, 0.29) is 17.9 Å². The van der Waals surface area contributed by atoms with Gasteiger partial charge in [0, 0.05) is 30.9 Å². The number of nitrogens with zero attached hydrogens (tertiary/aromatic N) is 2. The van der Waals surface area contributed by atoms with E-state index < -0.39 is 0 Å². The normalized spacial score (nSPS) is 17.1. The van der Waals surface area contributed by atoms with Crippen molar-refractivity contribution in [3.63, 3.8) is 0 Å². The minimum Gasteiger partial charge on any atom is -0.336 e. The molecular weight excluding hydrogens is 238 g/mol. The van der Waals surface area contributed by atoms with E-state index in [1.807, 2.05) is 30.2 Å². The summed E-state index contributed by atoms with van der Waals surface area (Å²) in [6.07, 6.45) is 3.59. The van der Waals surface area contributed by atoms with Crippen LogP contribution >= 0.6 is 0 Å². The zero-order valence-corrected chi connectivity index (χ0v) is 12.0. The number of aromatic nitrogens is 1. The first-order valence-corrected chi connectivity index (χ1v) is 6.99. The highest BCUT2D eigenvalue weighted by molar-refractivity contribution is 5.79. The van der Waals surface area contributed by atoms with E-state index in [9.17, 15) is 4.79 Å². The molecule has 2 rings (SSSR count). The third-order valence-corrected chi connectivity index (χ3v) is 3.89. The molecule has 4 heteroatoms. The Morgan fingerprint density at radius 1 is 1.47 bits per heavy atom. The predicted molar refractivity (Wildman–Crippen MR) is 75.4 cm³/mol. The Morgan fingerprint density at radius 2 is 2.21 bits per heavy atom. The van der Waals surface area contributed by atoms with Gasteiger partial charge in [-0.05, 0) is 44.5 Å². The maximum Gasteiger partial charge on any atom is 0.226 e. The summed E-state index contributed by atoms with van der Waals surface area (Å²) in [5, 5.41) is 3.23. The van der Waals surface area contributed by atoms with E-state index >= 15 is 0 Å². The summed E-state index contributed by atoms with van der Waals surface area (Å²) in [4.78, 5) is 18.7. The van der Waals surface area contributed by atoms with Crippen molar-refractivity contribution in [2.75, 3.05) is 13.1 Å². The first-order chi connectivity index (χ1) is 9.09. The fraction of sp³-hybridized carbons (Fsp3) is 0.600. The van der Waals surface area contributed by atoms with Gasteiger partial charge in [-0.15, -0.1) is 0 Å². The molecule has 0 spiro atoms. The smallest absolute Gasteiger partial charge is 0.226 e. The van der Waals surface area contributed by atoms with Crippen molar-refractivity contribution in [2.45, 2.75) is 33.4 Å². The Balaban J connectivity index is 2.04. The van der Waals surface area contributed by atoms with E-state index in [2.05, 4.69) is 24.1 Å². The third kappa shape index (κ3) is 3.32. The van der Waals surface area contributed by atoms with Crippen molar-refractivity contribution in [3.05, 3.63) is 30.1 Å². The van der Waals surface area contributed by atoms with Gasteiger partial charge in [0.15, 0.2) is 0 Å². The number of nitrogens with one attached hydrogen (secondary N) is 1. The Morgan fingerprint density at radius 3 is 2.68 bits per heavy atom. The van der Waals surface area contributed by atoms with Crippen molar-refractivity contribution in [3.8, 4) is 0 Å². The summed E-state index contributed by atoms with van der Waals surface area (Å²) >= 11 is 0. The number of rotatable bonds is 5. The predicted octanol–water partition coefficient (Wildman–Crippen LogP) is 1.67. The van der Waals surface area contributed by atoms with Crippen LogP contribution in [-0.4, -0.2) is 34.9 Å². The summed E-state index contributed by atoms with van der Waals surface area (Å²) < 4.78 is 0. The molecular formula is C15H23N3O. The second-order valence-electron chi connectivity index (χ2n) is 5.63. The summed E-state index contributed by atoms with van der Waals surface area (Å²) in [6.45, 7) is 8.76. The highest BCUT2D eigenvalue weighted by Crippen LogP contribution is 2.21. The van der Waals surface area contributed by atoms with Gasteiger partial charge in [-0.3, -0.25) is 9.78 Å². The molecule has 1 fully saturated rings. The molecule has 1 aromatic rings. The molecule has 1 aliphatic rings. The molecule has 0 saturated carbocycles. The van der Waals surface area contributed by atoms with Crippen LogP contribution in [0.1, 0.15) is 26.3 Å². The van der Waals surface area contributed by atoms with Crippen LogP contribution in [0.5, 0.6) is 0 Å². The van der Waals surface area contributed by atoms with Crippen LogP contribution < -0.4 is 5.32 Å². The average molecular weight is 261 g/mol. The summed E-state index contributed by atoms with van der Waals surface area (Å²) in [5.41, 5.74) is 1.09. The number of hydrogen-bond donors (Lipinski definition) is 1. The van der Waals surface area contributed by atoms with Gasteiger partial charge in [0.2, 0.25) is 5.91 Å². The molecule has 0 bridgehead atoms. The van der Waals surface area contributed by atoms with Gasteiger partial charge < -0.3 is 10.2 Å². The topological polar surface area (TPSA) is 45.2 Å². The monoisotopic (exact) mass is 261 g/mol. The highest BCUT2D eigenvalue weighted by Gasteiger charge is 2.32. The van der Waals surface area contributed by atoms with Gasteiger partial charge in [-0.1, -0.05) is 13.0 Å². The lowest BCUT2D eigenvalue weighted by molar-refractivity contribution is -0.139. The fourth-order valence-corrected chi connectivity index (χ4v) is 2.33. The Labute approximate surface area is 115 Å². The Kier molecular flexibility index (Phi) is 4.53. The van der Waals surface area contributed by atoms with Gasteiger partial charge in [-0.2, -0.15) is 0 Å². The van der Waals surface area contributed by atoms with E-state index in [0.29, 0.717) is 12.5 Å². The van der Waals surface area contributed by atoms with E-state index in [0.717, 1.165) is 18.7 Å². The molecule has 1 aliphatic heterocycles. The molecule has 0 aromatic carbocycles. The van der Waals surface area contributed by atoms with Crippen LogP contribution in [0.4, 0.5) is 0 Å². The number of hydrogen-bond acceptors (Lipinski definition) is 3. The standard InChI is InChI=1S/C15H23N3O/c1-11(2)18(10-13-5-4-6-16-7-13)15(19)12(3)14-8-17-9-14/h4-7,11-12,14,17H,8-10H2,1-3H3. The van der Waals surface area contributed by atoms with Crippen molar-refractivity contribution in [1.29, 1.82) is 0 Å². The van der Waals surface area contributed by atoms with Crippen molar-refractivity contribution in [2.24, 2.45) is 11.8 Å². The van der Waals surface area contributed by atoms with Gasteiger partial charge in [0.25, 0.3) is 0 Å². The second kappa shape index (κ2) is 6.15. The lowest BCUT2D eigenvalue weighted by Gasteiger charge is -2.36. The molecule has 19 heavy (non-hydrogen) atoms. The van der Waals surface area contributed by atoms with Gasteiger partial charge >= 0.3 is 0 Å². The van der Waals surface area contributed by atoms with Crippen LogP contribution in [0.25, 0.3) is 0 Å². The minimum absolute atomic E-state index is 0.0975. The molecule has 0 aliphatic carbocycles. The maximum atomic E-state index is 12.6. The number of carbonyl (C=O) groups is 1. The first kappa shape index (κ1) is 14.0. The molecule has 1 atom stereocenters. The van der Waals surface area contributed by atoms with E-state index in [4.69, 9.17) is 0 Å². The molecule has 1 amide bonds. The SMILES string of the molecule is CC(C(=O)N(Cc1cccnc1)C(C)C)C1CNC1. The number of pyridine rings is 1. The number of carbonyl (C=O) groups excluding carboxylic acids is 1. The van der Waals surface area contributed by atoms with Gasteiger partial charge in [-0.25, -0.2) is 0 Å². The van der Waals surface area contributed by atoms with Crippen LogP contribution in [-0.2, 0) is 11.3 Å². The second-order valence-corrected chi connectivity index (χ2v) is 5.63. The minimum atomic E-state index is 0.0975. The molecule has 1 saturated heterocycles. The average Bonchev–Trinajstić information content (AvgIpc) is 2.34. The first-order valence-electron chi connectivity index (χ1n) is 6.99. The van der Waals surface area contributed by atoms with Crippen LogP contribution in [0.2, 0.25) is 0 Å². The zero-order chi connectivity index (χ0) is 13.8. The van der Waals surface area contributed by atoms with Crippen molar-refractivity contribution < 1.29 is 4.79 Å². The molecule has 1 aromatic heterocycles. The quantitative estimate of drug-likeness (QED) is 0.877. The fourth-order valence-electron chi connectivity index (χ4n) is 2.33. The lowest BCUT2D eigenvalue weighted by Crippen LogP contribution is -2.51. The van der Waals surface area contributed by atoms with Gasteiger partial charge in [0.1, 0.15) is 0 Å². The van der Waals surface area contributed by atoms with Crippen molar-refractivity contribution >= 4 is 5.91 Å². The molecule has 1 unspecified atom stereocenters. The summed E-state index contributed by atoms with van der Waals surface area (Å²) in [6, 6.07) is 4.14. The van der Waals surface area contributed by atoms with E-state index in [1.54, 1.807) is 6.20 Å². The van der Waals surface area contributed by atoms with Crippen LogP contribution in [0.3, 0.4) is 0 Å². The highest BCUT2D eigenvalue weighted by atomic mass is 16.2. The molecule has 104 valence electrons. The molecule has 4 nitrogen and oxygen atoms in total. The largest absolute Gasteiger partial charge is 0.336 e. The molecule has 2 heterocycles. The van der Waals surface area contributed by atoms with E-state index in [1.165, 1.54) is 0 Å². The molecule has 1 N–H and O–H groups in total. The zero-order valence-electron chi connectivity index (χ0n) is 12.0. The maximum absolute atomic E-state index is 12.6. The Bertz CT molecular complexity index is 415. The summed E-state index contributed by atoms with van der Waals surface area (Å²) in [7, 11) is 0. The molecule has 0 radical (unpaired) electrons. The van der Waals surface area contributed by atoms with Crippen LogP contribution in [0.15, 0.2) is 24.5 Å². The van der Waals surface area contributed by atoms with Crippen molar-refractivity contribution in [1.82, 2.24) is 15.2 Å². The van der Waals surface area contributed by atoms with Crippen LogP contribution in [0, 0.1) is 11.8 Å². The number of amides is 1.